The summed E-state index contributed by atoms with van der Waals surface area (Å²) >= 11 is 0. The van der Waals surface area contributed by atoms with Crippen LogP contribution in [0.15, 0.2) is 85.1 Å². The molecule has 0 fully saturated rings. The zero-order chi connectivity index (χ0) is 20.7. The van der Waals surface area contributed by atoms with Gasteiger partial charge < -0.3 is 11.1 Å². The van der Waals surface area contributed by atoms with E-state index in [-0.39, 0.29) is 11.8 Å². The number of carbonyl (C=O) groups is 2. The molecular weight excluding hydrogens is 374 g/mol. The van der Waals surface area contributed by atoms with E-state index in [4.69, 9.17) is 5.73 Å². The molecule has 146 valence electrons. The van der Waals surface area contributed by atoms with Gasteiger partial charge in [-0.15, -0.1) is 0 Å². The smallest absolute Gasteiger partial charge is 0.253 e. The number of pyridine rings is 1. The van der Waals surface area contributed by atoms with Gasteiger partial charge in [-0.1, -0.05) is 66.7 Å². The van der Waals surface area contributed by atoms with E-state index >= 15 is 0 Å². The Hall–Kier alpha value is -3.99. The lowest BCUT2D eigenvalue weighted by molar-refractivity contribution is -0.120. The van der Waals surface area contributed by atoms with Gasteiger partial charge in [-0.05, 0) is 34.4 Å². The molecule has 0 unspecified atom stereocenters. The van der Waals surface area contributed by atoms with Gasteiger partial charge in [-0.2, -0.15) is 0 Å². The van der Waals surface area contributed by atoms with Crippen LogP contribution >= 0.6 is 0 Å². The fraction of sp³-hybridized carbons (Fsp3) is 0.0800. The summed E-state index contributed by atoms with van der Waals surface area (Å²) in [5, 5.41) is 3.73. The Morgan fingerprint density at radius 2 is 1.47 bits per heavy atom. The number of amides is 2. The maximum absolute atomic E-state index is 13.0. The molecule has 1 heterocycles. The van der Waals surface area contributed by atoms with Crippen LogP contribution in [0.4, 0.5) is 0 Å². The zero-order valence-corrected chi connectivity index (χ0v) is 16.1. The first-order valence-electron chi connectivity index (χ1n) is 9.76. The molecule has 3 N–H and O–H groups in total. The summed E-state index contributed by atoms with van der Waals surface area (Å²) in [7, 11) is 0. The topological polar surface area (TPSA) is 85.1 Å². The molecule has 1 aliphatic carbocycles. The van der Waals surface area contributed by atoms with Crippen LogP contribution in [0.25, 0.3) is 22.0 Å². The third-order valence-electron chi connectivity index (χ3n) is 5.66. The molecule has 0 bridgehead atoms. The number of nitrogens with zero attached hydrogens (tertiary/aromatic N) is 1. The number of carbonyl (C=O) groups excluding carboxylic acids is 2. The van der Waals surface area contributed by atoms with Crippen molar-refractivity contribution < 1.29 is 9.59 Å². The highest BCUT2D eigenvalue weighted by Crippen LogP contribution is 2.46. The lowest BCUT2D eigenvalue weighted by Gasteiger charge is -2.24. The highest BCUT2D eigenvalue weighted by atomic mass is 16.2. The minimum Gasteiger partial charge on any atom is -0.368 e. The summed E-state index contributed by atoms with van der Waals surface area (Å²) in [6, 6.07) is 24.3. The van der Waals surface area contributed by atoms with Gasteiger partial charge in [0.05, 0.1) is 11.1 Å². The number of benzene rings is 3. The fourth-order valence-corrected chi connectivity index (χ4v) is 4.29. The van der Waals surface area contributed by atoms with Gasteiger partial charge in [-0.3, -0.25) is 14.6 Å². The summed E-state index contributed by atoms with van der Waals surface area (Å²) in [6.07, 6.45) is 1.52. The number of hydrogen-bond acceptors (Lipinski definition) is 3. The van der Waals surface area contributed by atoms with E-state index in [9.17, 15) is 9.59 Å². The van der Waals surface area contributed by atoms with Gasteiger partial charge in [-0.25, -0.2) is 0 Å². The van der Waals surface area contributed by atoms with Crippen LogP contribution in [-0.4, -0.2) is 22.8 Å². The average molecular weight is 393 g/mol. The third-order valence-corrected chi connectivity index (χ3v) is 5.66. The summed E-state index contributed by atoms with van der Waals surface area (Å²) in [6.45, 7) is 0. The van der Waals surface area contributed by atoms with Crippen LogP contribution in [0.3, 0.4) is 0 Å². The number of para-hydroxylation sites is 1. The van der Waals surface area contributed by atoms with E-state index in [2.05, 4.69) is 10.3 Å². The predicted octanol–water partition coefficient (Wildman–Crippen LogP) is 3.63. The maximum Gasteiger partial charge on any atom is 0.253 e. The minimum atomic E-state index is -0.881. The molecule has 0 saturated carbocycles. The van der Waals surface area contributed by atoms with Crippen molar-refractivity contribution >= 4 is 22.7 Å². The zero-order valence-electron chi connectivity index (χ0n) is 16.1. The van der Waals surface area contributed by atoms with Crippen LogP contribution in [0.2, 0.25) is 0 Å². The molecule has 30 heavy (non-hydrogen) atoms. The number of rotatable bonds is 4. The Labute approximate surface area is 173 Å². The highest BCUT2D eigenvalue weighted by Gasteiger charge is 2.38. The van der Waals surface area contributed by atoms with Crippen molar-refractivity contribution in [1.82, 2.24) is 10.3 Å². The van der Waals surface area contributed by atoms with E-state index < -0.39 is 11.9 Å². The van der Waals surface area contributed by atoms with Crippen molar-refractivity contribution in [2.45, 2.75) is 12.0 Å². The number of nitrogens with one attached hydrogen (secondary N) is 1. The second-order valence-electron chi connectivity index (χ2n) is 7.42. The Kier molecular flexibility index (Phi) is 4.29. The first-order valence-corrected chi connectivity index (χ1v) is 9.76. The van der Waals surface area contributed by atoms with E-state index in [0.29, 0.717) is 5.56 Å². The van der Waals surface area contributed by atoms with Crippen molar-refractivity contribution in [2.75, 3.05) is 0 Å². The van der Waals surface area contributed by atoms with Crippen molar-refractivity contribution in [3.8, 4) is 11.1 Å². The predicted molar refractivity (Wildman–Crippen MR) is 116 cm³/mol. The van der Waals surface area contributed by atoms with Crippen molar-refractivity contribution in [3.63, 3.8) is 0 Å². The Morgan fingerprint density at radius 1 is 0.867 bits per heavy atom. The molecule has 2 amide bonds. The minimum absolute atomic E-state index is 0.340. The normalized spacial score (nSPS) is 13.5. The number of hydrogen-bond donors (Lipinski definition) is 2. The summed E-state index contributed by atoms with van der Waals surface area (Å²) in [5.74, 6) is -1.29. The molecule has 1 aromatic heterocycles. The largest absolute Gasteiger partial charge is 0.368 e. The second-order valence-corrected chi connectivity index (χ2v) is 7.42. The molecule has 1 aliphatic rings. The molecule has 0 spiro atoms. The van der Waals surface area contributed by atoms with Gasteiger partial charge in [0, 0.05) is 17.5 Å². The van der Waals surface area contributed by atoms with E-state index in [1.807, 2.05) is 72.8 Å². The van der Waals surface area contributed by atoms with Crippen LogP contribution in [0, 0.1) is 0 Å². The summed E-state index contributed by atoms with van der Waals surface area (Å²) in [5.41, 5.74) is 11.1. The van der Waals surface area contributed by atoms with Crippen LogP contribution in [0.1, 0.15) is 27.4 Å². The van der Waals surface area contributed by atoms with Crippen LogP contribution < -0.4 is 11.1 Å². The maximum atomic E-state index is 13.0. The second kappa shape index (κ2) is 7.12. The first kappa shape index (κ1) is 18.1. The number of aromatic nitrogens is 1. The first-order chi connectivity index (χ1) is 14.6. The Balaban J connectivity index is 1.53. The molecule has 5 nitrogen and oxygen atoms in total. The quantitative estimate of drug-likeness (QED) is 0.555. The number of fused-ring (bicyclic) bond motifs is 4. The molecule has 3 aromatic carbocycles. The molecule has 0 saturated heterocycles. The van der Waals surface area contributed by atoms with Gasteiger partial charge in [0.15, 0.2) is 0 Å². The van der Waals surface area contributed by atoms with Crippen molar-refractivity contribution in [3.05, 3.63) is 102 Å². The molecule has 1 atom stereocenters. The average Bonchev–Trinajstić information content (AvgIpc) is 3.11. The van der Waals surface area contributed by atoms with Crippen LogP contribution in [0.5, 0.6) is 0 Å². The standard InChI is InChI=1S/C25H19N3O2/c26-24(29)23(28-25(30)16-13-15-7-1-6-12-21(15)27-14-16)22-19-10-4-2-8-17(19)18-9-3-5-11-20(18)22/h1-14,22-23H,(H2,26,29)(H,28,30)/t23-/m1/s1. The number of nitrogens with two attached hydrogens (primary N) is 1. The highest BCUT2D eigenvalue weighted by molar-refractivity contribution is 6.00. The van der Waals surface area contributed by atoms with Crippen LogP contribution in [-0.2, 0) is 4.79 Å². The monoisotopic (exact) mass is 393 g/mol. The van der Waals surface area contributed by atoms with Crippen molar-refractivity contribution in [1.29, 1.82) is 0 Å². The van der Waals surface area contributed by atoms with Crippen molar-refractivity contribution in [2.24, 2.45) is 5.73 Å². The molecule has 0 radical (unpaired) electrons. The molecular formula is C25H19N3O2. The third kappa shape index (κ3) is 2.92. The lowest BCUT2D eigenvalue weighted by atomic mass is 9.88. The Morgan fingerprint density at radius 3 is 2.13 bits per heavy atom. The number of primary amides is 1. The van der Waals surface area contributed by atoms with Gasteiger partial charge in [0.25, 0.3) is 5.91 Å². The van der Waals surface area contributed by atoms with Gasteiger partial charge >= 0.3 is 0 Å². The molecule has 5 rings (SSSR count). The van der Waals surface area contributed by atoms with E-state index in [1.165, 1.54) is 6.20 Å². The summed E-state index contributed by atoms with van der Waals surface area (Å²) in [4.78, 5) is 29.8. The molecule has 5 heteroatoms. The SMILES string of the molecule is NC(=O)[C@H](NC(=O)c1cnc2ccccc2c1)C1c2ccccc2-c2ccccc21. The fourth-order valence-electron chi connectivity index (χ4n) is 4.29. The molecule has 0 aliphatic heterocycles. The summed E-state index contributed by atoms with van der Waals surface area (Å²) < 4.78 is 0. The van der Waals surface area contributed by atoms with Gasteiger partial charge in [0.1, 0.15) is 6.04 Å². The molecule has 4 aromatic rings. The van der Waals surface area contributed by atoms with E-state index in [1.54, 1.807) is 6.07 Å². The lowest BCUT2D eigenvalue weighted by Crippen LogP contribution is -2.48. The van der Waals surface area contributed by atoms with Gasteiger partial charge in [0.2, 0.25) is 5.91 Å². The Bertz CT molecular complexity index is 1250. The van der Waals surface area contributed by atoms with E-state index in [0.717, 1.165) is 33.2 Å².